The number of nitriles is 1. The number of unbranched alkanes of at least 4 members (excludes halogenated alkanes) is 4. The summed E-state index contributed by atoms with van der Waals surface area (Å²) in [5.74, 6) is 0.666. The molecule has 0 radical (unpaired) electrons. The first-order valence-electron chi connectivity index (χ1n) is 11.0. The van der Waals surface area contributed by atoms with Gasteiger partial charge in [-0.2, -0.15) is 5.26 Å². The van der Waals surface area contributed by atoms with Gasteiger partial charge in [-0.3, -0.25) is 0 Å². The molecule has 1 aliphatic carbocycles. The number of benzene rings is 2. The van der Waals surface area contributed by atoms with Crippen molar-refractivity contribution in [3.63, 3.8) is 0 Å². The summed E-state index contributed by atoms with van der Waals surface area (Å²) in [6.07, 6.45) is 11.9. The summed E-state index contributed by atoms with van der Waals surface area (Å²) >= 11 is 0. The van der Waals surface area contributed by atoms with E-state index in [2.05, 4.69) is 37.3 Å². The third-order valence-corrected chi connectivity index (χ3v) is 6.01. The summed E-state index contributed by atoms with van der Waals surface area (Å²) in [6.45, 7) is 3.20. The van der Waals surface area contributed by atoms with Crippen molar-refractivity contribution in [1.82, 2.24) is 0 Å². The Labute approximate surface area is 170 Å². The van der Waals surface area contributed by atoms with Crippen LogP contribution in [0.15, 0.2) is 48.5 Å². The van der Waals surface area contributed by atoms with Gasteiger partial charge in [0.2, 0.25) is 0 Å². The summed E-state index contributed by atoms with van der Waals surface area (Å²) in [4.78, 5) is 0. The van der Waals surface area contributed by atoms with Crippen molar-refractivity contribution in [2.75, 3.05) is 6.61 Å². The van der Waals surface area contributed by atoms with Gasteiger partial charge in [-0.15, -0.1) is 0 Å². The summed E-state index contributed by atoms with van der Waals surface area (Å²) in [6, 6.07) is 19.0. The molecule has 0 aromatic heterocycles. The van der Waals surface area contributed by atoms with E-state index >= 15 is 0 Å². The van der Waals surface area contributed by atoms with Crippen molar-refractivity contribution in [2.45, 2.75) is 76.7 Å². The van der Waals surface area contributed by atoms with Gasteiger partial charge in [-0.1, -0.05) is 69.0 Å². The average molecular weight is 376 g/mol. The van der Waals surface area contributed by atoms with Gasteiger partial charge < -0.3 is 4.74 Å². The Hall–Kier alpha value is -2.11. The number of rotatable bonds is 9. The SMILES string of the molecule is CCCCCCCO[C@H]1CC[C@H](c2ccc(-c3ccc(C#N)cc3)cc2)CC1. The molecule has 3 rings (SSSR count). The molecule has 1 saturated carbocycles. The van der Waals surface area contributed by atoms with Crippen LogP contribution in [0.1, 0.15) is 81.8 Å². The molecular formula is C26H33NO. The lowest BCUT2D eigenvalue weighted by Gasteiger charge is -2.29. The van der Waals surface area contributed by atoms with Gasteiger partial charge in [0.15, 0.2) is 0 Å². The van der Waals surface area contributed by atoms with Gasteiger partial charge in [0.05, 0.1) is 17.7 Å². The molecule has 0 amide bonds. The number of hydrogen-bond donors (Lipinski definition) is 0. The van der Waals surface area contributed by atoms with E-state index in [0.29, 0.717) is 17.6 Å². The Balaban J connectivity index is 1.43. The standard InChI is InChI=1S/C26H33NO/c1-2-3-4-5-6-19-28-26-17-15-25(16-18-26)24-13-11-23(12-14-24)22-9-7-21(20-27)8-10-22/h7-14,25-26H,2-6,15-19H2,1H3/t25-,26-. The topological polar surface area (TPSA) is 33.0 Å². The fourth-order valence-corrected chi connectivity index (χ4v) is 4.20. The molecule has 0 aliphatic heterocycles. The number of hydrogen-bond acceptors (Lipinski definition) is 2. The minimum atomic E-state index is 0.473. The van der Waals surface area contributed by atoms with Gasteiger partial charge in [0.1, 0.15) is 0 Å². The molecule has 0 heterocycles. The van der Waals surface area contributed by atoms with Crippen molar-refractivity contribution < 1.29 is 4.74 Å². The Morgan fingerprint density at radius 3 is 2.04 bits per heavy atom. The van der Waals surface area contributed by atoms with Crippen LogP contribution in [-0.2, 0) is 4.74 Å². The first-order valence-corrected chi connectivity index (χ1v) is 11.0. The molecule has 2 nitrogen and oxygen atoms in total. The van der Waals surface area contributed by atoms with E-state index in [1.165, 1.54) is 74.5 Å². The lowest BCUT2D eigenvalue weighted by atomic mass is 9.82. The number of ether oxygens (including phenoxy) is 1. The molecule has 1 aliphatic rings. The van der Waals surface area contributed by atoms with Crippen LogP contribution >= 0.6 is 0 Å². The molecule has 2 heteroatoms. The van der Waals surface area contributed by atoms with Crippen LogP contribution in [0.3, 0.4) is 0 Å². The van der Waals surface area contributed by atoms with Crippen LogP contribution < -0.4 is 0 Å². The highest BCUT2D eigenvalue weighted by molar-refractivity contribution is 5.64. The second kappa shape index (κ2) is 11.0. The molecule has 0 atom stereocenters. The average Bonchev–Trinajstić information content (AvgIpc) is 2.77. The molecular weight excluding hydrogens is 342 g/mol. The summed E-state index contributed by atoms with van der Waals surface area (Å²) in [5.41, 5.74) is 4.55. The molecule has 0 bridgehead atoms. The van der Waals surface area contributed by atoms with Crippen LogP contribution in [0, 0.1) is 11.3 Å². The third kappa shape index (κ3) is 5.94. The fraction of sp³-hybridized carbons (Fsp3) is 0.500. The van der Waals surface area contributed by atoms with Gasteiger partial charge in [0.25, 0.3) is 0 Å². The second-order valence-corrected chi connectivity index (χ2v) is 8.07. The second-order valence-electron chi connectivity index (χ2n) is 8.07. The van der Waals surface area contributed by atoms with E-state index in [9.17, 15) is 0 Å². The first kappa shape index (κ1) is 20.6. The maximum absolute atomic E-state index is 8.93. The van der Waals surface area contributed by atoms with E-state index in [1.807, 2.05) is 24.3 Å². The van der Waals surface area contributed by atoms with Gasteiger partial charge >= 0.3 is 0 Å². The molecule has 1 fully saturated rings. The maximum atomic E-state index is 8.93. The van der Waals surface area contributed by atoms with Crippen LogP contribution in [-0.4, -0.2) is 12.7 Å². The van der Waals surface area contributed by atoms with Crippen LogP contribution in [0.2, 0.25) is 0 Å². The van der Waals surface area contributed by atoms with Crippen molar-refractivity contribution >= 4 is 0 Å². The van der Waals surface area contributed by atoms with E-state index in [1.54, 1.807) is 0 Å². The summed E-state index contributed by atoms with van der Waals surface area (Å²) < 4.78 is 6.12. The van der Waals surface area contributed by atoms with Gasteiger partial charge in [-0.25, -0.2) is 0 Å². The molecule has 2 aromatic rings. The van der Waals surface area contributed by atoms with Crippen molar-refractivity contribution in [2.24, 2.45) is 0 Å². The first-order chi connectivity index (χ1) is 13.8. The van der Waals surface area contributed by atoms with E-state index < -0.39 is 0 Å². The summed E-state index contributed by atoms with van der Waals surface area (Å²) in [5, 5.41) is 8.93. The lowest BCUT2D eigenvalue weighted by Crippen LogP contribution is -2.21. The van der Waals surface area contributed by atoms with Crippen molar-refractivity contribution in [3.8, 4) is 17.2 Å². The van der Waals surface area contributed by atoms with Crippen molar-refractivity contribution in [1.29, 1.82) is 5.26 Å². The predicted molar refractivity (Wildman–Crippen MR) is 116 cm³/mol. The molecule has 28 heavy (non-hydrogen) atoms. The lowest BCUT2D eigenvalue weighted by molar-refractivity contribution is 0.0226. The molecule has 0 N–H and O–H groups in total. The van der Waals surface area contributed by atoms with Crippen molar-refractivity contribution in [3.05, 3.63) is 59.7 Å². The Bertz CT molecular complexity index is 733. The predicted octanol–water partition coefficient (Wildman–Crippen LogP) is 7.24. The van der Waals surface area contributed by atoms with Gasteiger partial charge in [-0.05, 0) is 66.8 Å². The van der Waals surface area contributed by atoms with Crippen LogP contribution in [0.25, 0.3) is 11.1 Å². The highest BCUT2D eigenvalue weighted by Gasteiger charge is 2.22. The third-order valence-electron chi connectivity index (χ3n) is 6.01. The molecule has 2 aromatic carbocycles. The normalized spacial score (nSPS) is 19.3. The molecule has 0 saturated heterocycles. The number of nitrogens with zero attached hydrogens (tertiary/aromatic N) is 1. The van der Waals surface area contributed by atoms with Gasteiger partial charge in [0, 0.05) is 6.61 Å². The zero-order valence-corrected chi connectivity index (χ0v) is 17.2. The van der Waals surface area contributed by atoms with E-state index in [0.717, 1.165) is 6.61 Å². The fourth-order valence-electron chi connectivity index (χ4n) is 4.20. The summed E-state index contributed by atoms with van der Waals surface area (Å²) in [7, 11) is 0. The monoisotopic (exact) mass is 375 g/mol. The highest BCUT2D eigenvalue weighted by atomic mass is 16.5. The van der Waals surface area contributed by atoms with E-state index in [-0.39, 0.29) is 0 Å². The Morgan fingerprint density at radius 2 is 1.43 bits per heavy atom. The maximum Gasteiger partial charge on any atom is 0.0991 e. The van der Waals surface area contributed by atoms with Crippen LogP contribution in [0.4, 0.5) is 0 Å². The Kier molecular flexibility index (Phi) is 8.12. The zero-order valence-electron chi connectivity index (χ0n) is 17.2. The largest absolute Gasteiger partial charge is 0.378 e. The molecule has 0 unspecified atom stereocenters. The highest BCUT2D eigenvalue weighted by Crippen LogP contribution is 2.35. The minimum absolute atomic E-state index is 0.473. The van der Waals surface area contributed by atoms with Crippen LogP contribution in [0.5, 0.6) is 0 Å². The smallest absolute Gasteiger partial charge is 0.0991 e. The molecule has 148 valence electrons. The minimum Gasteiger partial charge on any atom is -0.378 e. The zero-order chi connectivity index (χ0) is 19.6. The Morgan fingerprint density at radius 1 is 0.821 bits per heavy atom. The molecule has 0 spiro atoms. The quantitative estimate of drug-likeness (QED) is 0.433. The van der Waals surface area contributed by atoms with E-state index in [4.69, 9.17) is 10.00 Å².